The summed E-state index contributed by atoms with van der Waals surface area (Å²) in [5, 5.41) is 4.79. The Morgan fingerprint density at radius 1 is 1.21 bits per heavy atom. The molecule has 0 aliphatic rings. The Bertz CT molecular complexity index is 373. The first-order chi connectivity index (χ1) is 8.77. The van der Waals surface area contributed by atoms with Crippen molar-refractivity contribution < 1.29 is 19.2 Å². The second-order valence-corrected chi connectivity index (χ2v) is 4.47. The molecule has 0 aromatic rings. The zero-order valence-corrected chi connectivity index (χ0v) is 11.8. The Morgan fingerprint density at radius 3 is 2.21 bits per heavy atom. The molecule has 0 unspecified atom stereocenters. The van der Waals surface area contributed by atoms with Crippen LogP contribution in [0.2, 0.25) is 0 Å². The van der Waals surface area contributed by atoms with Crippen molar-refractivity contribution in [2.24, 2.45) is 5.73 Å². The zero-order valence-electron chi connectivity index (χ0n) is 10.9. The lowest BCUT2D eigenvalue weighted by Crippen LogP contribution is -2.52. The van der Waals surface area contributed by atoms with Gasteiger partial charge in [-0.05, 0) is 20.3 Å². The highest BCUT2D eigenvalue weighted by Crippen LogP contribution is 1.99. The molecule has 0 heterocycles. The van der Waals surface area contributed by atoms with Gasteiger partial charge in [-0.25, -0.2) is 0 Å². The Kier molecular flexibility index (Phi) is 7.81. The molecule has 3 amide bonds. The molecule has 2 atom stereocenters. The van der Waals surface area contributed by atoms with Gasteiger partial charge < -0.3 is 21.2 Å². The van der Waals surface area contributed by atoms with Gasteiger partial charge in [-0.1, -0.05) is 0 Å². The maximum absolute atomic E-state index is 11.7. The van der Waals surface area contributed by atoms with Gasteiger partial charge in [0.15, 0.2) is 0 Å². The molecule has 0 fully saturated rings. The van der Waals surface area contributed by atoms with Crippen molar-refractivity contribution in [3.63, 3.8) is 0 Å². The van der Waals surface area contributed by atoms with E-state index in [1.807, 2.05) is 0 Å². The molecule has 0 rings (SSSR count). The Labute approximate surface area is 117 Å². The number of nitrogens with one attached hydrogen (secondary N) is 2. The molecule has 0 saturated heterocycles. The molecule has 0 aliphatic carbocycles. The predicted octanol–water partition coefficient (Wildman–Crippen LogP) is -1.24. The average Bonchev–Trinajstić information content (AvgIpc) is 2.32. The minimum atomic E-state index is -0.924. The quantitative estimate of drug-likeness (QED) is 0.418. The topological polar surface area (TPSA) is 118 Å². The summed E-state index contributed by atoms with van der Waals surface area (Å²) in [5.41, 5.74) is 5.13. The molecule has 0 spiro atoms. The maximum Gasteiger partial charge on any atom is 0.242 e. The number of Topliss-reactive ketones (excluding diaryl/α,β-unsaturated/α-hetero) is 1. The summed E-state index contributed by atoms with van der Waals surface area (Å²) in [6.07, 6.45) is 0.287. The smallest absolute Gasteiger partial charge is 0.242 e. The van der Waals surface area contributed by atoms with E-state index in [1.54, 1.807) is 0 Å². The number of ketones is 1. The van der Waals surface area contributed by atoms with E-state index >= 15 is 0 Å². The highest BCUT2D eigenvalue weighted by atomic mass is 32.1. The third-order valence-corrected chi connectivity index (χ3v) is 2.65. The van der Waals surface area contributed by atoms with Crippen molar-refractivity contribution in [3.05, 3.63) is 0 Å². The van der Waals surface area contributed by atoms with Crippen LogP contribution in [0.15, 0.2) is 0 Å². The van der Waals surface area contributed by atoms with Crippen LogP contribution < -0.4 is 16.4 Å². The molecule has 0 aliphatic heterocycles. The molecule has 0 saturated carbocycles. The summed E-state index contributed by atoms with van der Waals surface area (Å²) in [7, 11) is 0. The van der Waals surface area contributed by atoms with Crippen LogP contribution in [-0.2, 0) is 19.2 Å². The van der Waals surface area contributed by atoms with Crippen LogP contribution in [0, 0.1) is 0 Å². The van der Waals surface area contributed by atoms with E-state index in [4.69, 9.17) is 5.73 Å². The van der Waals surface area contributed by atoms with E-state index in [1.165, 1.54) is 13.8 Å². The number of carbonyl (C=O) groups excluding carboxylic acids is 4. The number of carbonyl (C=O) groups is 4. The molecule has 4 N–H and O–H groups in total. The van der Waals surface area contributed by atoms with Gasteiger partial charge in [0.25, 0.3) is 0 Å². The average molecular weight is 289 g/mol. The van der Waals surface area contributed by atoms with Crippen molar-refractivity contribution in [2.45, 2.75) is 38.8 Å². The van der Waals surface area contributed by atoms with Gasteiger partial charge in [0.1, 0.15) is 17.9 Å². The van der Waals surface area contributed by atoms with Gasteiger partial charge in [0, 0.05) is 6.42 Å². The molecular formula is C11H19N3O4S. The second-order valence-electron chi connectivity index (χ2n) is 4.15. The van der Waals surface area contributed by atoms with Crippen LogP contribution in [0.5, 0.6) is 0 Å². The summed E-state index contributed by atoms with van der Waals surface area (Å²) < 4.78 is 0. The molecule has 0 radical (unpaired) electrons. The fourth-order valence-electron chi connectivity index (χ4n) is 1.28. The number of rotatable bonds is 8. The largest absolute Gasteiger partial charge is 0.368 e. The number of nitrogens with two attached hydrogens (primary N) is 1. The van der Waals surface area contributed by atoms with Crippen LogP contribution in [0.25, 0.3) is 0 Å². The number of primary amides is 1. The number of thiol groups is 1. The molecule has 0 aromatic carbocycles. The molecule has 0 aromatic heterocycles. The van der Waals surface area contributed by atoms with Crippen molar-refractivity contribution in [2.75, 3.05) is 5.75 Å². The van der Waals surface area contributed by atoms with Gasteiger partial charge in [0.05, 0.1) is 5.75 Å². The summed E-state index contributed by atoms with van der Waals surface area (Å²) in [5.74, 6) is -1.80. The lowest BCUT2D eigenvalue weighted by Gasteiger charge is -2.18. The Balaban J connectivity index is 4.41. The predicted molar refractivity (Wildman–Crippen MR) is 72.5 cm³/mol. The van der Waals surface area contributed by atoms with Crippen LogP contribution in [0.4, 0.5) is 0 Å². The molecule has 0 bridgehead atoms. The summed E-state index contributed by atoms with van der Waals surface area (Å²) in [4.78, 5) is 44.8. The van der Waals surface area contributed by atoms with Crippen molar-refractivity contribution in [3.8, 4) is 0 Å². The molecule has 19 heavy (non-hydrogen) atoms. The van der Waals surface area contributed by atoms with E-state index in [9.17, 15) is 19.2 Å². The highest BCUT2D eigenvalue weighted by molar-refractivity contribution is 7.81. The van der Waals surface area contributed by atoms with Gasteiger partial charge >= 0.3 is 0 Å². The normalized spacial score (nSPS) is 13.2. The van der Waals surface area contributed by atoms with Gasteiger partial charge in [0.2, 0.25) is 17.7 Å². The summed E-state index contributed by atoms with van der Waals surface area (Å²) >= 11 is 3.76. The van der Waals surface area contributed by atoms with Gasteiger partial charge in [-0.3, -0.25) is 14.4 Å². The van der Waals surface area contributed by atoms with Gasteiger partial charge in [-0.2, -0.15) is 12.6 Å². The lowest BCUT2D eigenvalue weighted by atomic mass is 10.1. The van der Waals surface area contributed by atoms with Gasteiger partial charge in [-0.15, -0.1) is 0 Å². The highest BCUT2D eigenvalue weighted by Gasteiger charge is 2.22. The number of hydrogen-bond acceptors (Lipinski definition) is 5. The fourth-order valence-corrected chi connectivity index (χ4v) is 1.37. The molecule has 108 valence electrons. The van der Waals surface area contributed by atoms with E-state index in [2.05, 4.69) is 23.3 Å². The fraction of sp³-hybridized carbons (Fsp3) is 0.636. The van der Waals surface area contributed by atoms with Crippen LogP contribution >= 0.6 is 12.6 Å². The maximum atomic E-state index is 11.7. The SMILES string of the molecule is CC(=O)CC[C@H](NC(=O)[C@H](C)NC(=O)CS)C(N)=O. The Morgan fingerprint density at radius 2 is 1.79 bits per heavy atom. The monoisotopic (exact) mass is 289 g/mol. The van der Waals surface area contributed by atoms with Crippen LogP contribution in [0.3, 0.4) is 0 Å². The minimum absolute atomic E-state index is 0.0405. The summed E-state index contributed by atoms with van der Waals surface area (Å²) in [6, 6.07) is -1.73. The first kappa shape index (κ1) is 17.4. The number of hydrogen-bond donors (Lipinski definition) is 4. The molecule has 7 nitrogen and oxygen atoms in total. The Hall–Kier alpha value is -1.57. The van der Waals surface area contributed by atoms with E-state index < -0.39 is 29.8 Å². The van der Waals surface area contributed by atoms with E-state index in [-0.39, 0.29) is 24.4 Å². The standard InChI is InChI=1S/C11H19N3O4S/c1-6(15)3-4-8(10(12)17)14-11(18)7(2)13-9(16)5-19/h7-8,19H,3-5H2,1-2H3,(H2,12,17)(H,13,16)(H,14,18)/t7-,8-/m0/s1. The first-order valence-corrected chi connectivity index (χ1v) is 6.40. The van der Waals surface area contributed by atoms with Crippen LogP contribution in [-0.4, -0.2) is 41.3 Å². The number of amides is 3. The van der Waals surface area contributed by atoms with Crippen LogP contribution in [0.1, 0.15) is 26.7 Å². The first-order valence-electron chi connectivity index (χ1n) is 5.77. The van der Waals surface area contributed by atoms with E-state index in [0.717, 1.165) is 0 Å². The molecule has 8 heteroatoms. The van der Waals surface area contributed by atoms with Crippen molar-refractivity contribution in [1.29, 1.82) is 0 Å². The van der Waals surface area contributed by atoms with E-state index in [0.29, 0.717) is 0 Å². The third-order valence-electron chi connectivity index (χ3n) is 2.36. The van der Waals surface area contributed by atoms with Crippen molar-refractivity contribution in [1.82, 2.24) is 10.6 Å². The second kappa shape index (κ2) is 8.52. The van der Waals surface area contributed by atoms with Crippen molar-refractivity contribution >= 4 is 36.1 Å². The minimum Gasteiger partial charge on any atom is -0.368 e. The summed E-state index contributed by atoms with van der Waals surface area (Å²) in [6.45, 7) is 2.86. The lowest BCUT2D eigenvalue weighted by molar-refractivity contribution is -0.130. The zero-order chi connectivity index (χ0) is 15.0. The third kappa shape index (κ3) is 7.45. The molecular weight excluding hydrogens is 270 g/mol.